The zero-order valence-electron chi connectivity index (χ0n) is 12.8. The second kappa shape index (κ2) is 6.92. The summed E-state index contributed by atoms with van der Waals surface area (Å²) >= 11 is 1.48. The molecule has 1 heterocycles. The van der Waals surface area contributed by atoms with Gasteiger partial charge in [0.2, 0.25) is 0 Å². The van der Waals surface area contributed by atoms with Crippen LogP contribution in [0.4, 0.5) is 11.4 Å². The van der Waals surface area contributed by atoms with Gasteiger partial charge in [-0.05, 0) is 44.0 Å². The second-order valence-electron chi connectivity index (χ2n) is 5.76. The fourth-order valence-electron chi connectivity index (χ4n) is 2.80. The number of carbonyl (C=O) groups is 1. The average molecular weight is 315 g/mol. The number of thiazole rings is 1. The van der Waals surface area contributed by atoms with E-state index in [0.29, 0.717) is 11.7 Å². The van der Waals surface area contributed by atoms with E-state index >= 15 is 0 Å². The minimum atomic E-state index is -0.155. The summed E-state index contributed by atoms with van der Waals surface area (Å²) in [4.78, 5) is 16.2. The number of anilines is 2. The third-order valence-electron chi connectivity index (χ3n) is 3.97. The van der Waals surface area contributed by atoms with Gasteiger partial charge in [-0.3, -0.25) is 4.79 Å². The molecule has 0 spiro atoms. The molecule has 1 amide bonds. The Morgan fingerprint density at radius 3 is 2.45 bits per heavy atom. The first-order chi connectivity index (χ1) is 10.7. The van der Waals surface area contributed by atoms with Gasteiger partial charge in [-0.15, -0.1) is 11.3 Å². The van der Waals surface area contributed by atoms with E-state index < -0.39 is 0 Å². The Morgan fingerprint density at radius 2 is 1.82 bits per heavy atom. The van der Waals surface area contributed by atoms with Gasteiger partial charge in [0.15, 0.2) is 0 Å². The Kier molecular flexibility index (Phi) is 4.73. The van der Waals surface area contributed by atoms with Crippen molar-refractivity contribution in [3.05, 3.63) is 40.3 Å². The third-order valence-corrected chi connectivity index (χ3v) is 4.74. The molecule has 1 saturated carbocycles. The van der Waals surface area contributed by atoms with Crippen molar-refractivity contribution in [3.63, 3.8) is 0 Å². The van der Waals surface area contributed by atoms with Gasteiger partial charge in [-0.25, -0.2) is 4.98 Å². The molecule has 1 fully saturated rings. The van der Waals surface area contributed by atoms with Crippen LogP contribution in [-0.4, -0.2) is 16.9 Å². The molecule has 4 nitrogen and oxygen atoms in total. The first-order valence-corrected chi connectivity index (χ1v) is 8.69. The summed E-state index contributed by atoms with van der Waals surface area (Å²) in [6, 6.07) is 8.50. The molecular weight excluding hydrogens is 294 g/mol. The summed E-state index contributed by atoms with van der Waals surface area (Å²) in [5.41, 5.74) is 2.39. The Hall–Kier alpha value is -1.88. The number of aromatic nitrogens is 1. The molecule has 0 unspecified atom stereocenters. The highest BCUT2D eigenvalue weighted by atomic mass is 32.1. The van der Waals surface area contributed by atoms with Crippen LogP contribution in [0.25, 0.3) is 0 Å². The Balaban J connectivity index is 1.58. The summed E-state index contributed by atoms with van der Waals surface area (Å²) in [6.45, 7) is 1.90. The first-order valence-electron chi connectivity index (χ1n) is 7.81. The molecule has 22 heavy (non-hydrogen) atoms. The molecule has 0 aliphatic heterocycles. The summed E-state index contributed by atoms with van der Waals surface area (Å²) in [5.74, 6) is -0.155. The highest BCUT2D eigenvalue weighted by Gasteiger charge is 2.13. The molecule has 5 heteroatoms. The number of hydrogen-bond acceptors (Lipinski definition) is 4. The lowest BCUT2D eigenvalue weighted by Gasteiger charge is -2.23. The van der Waals surface area contributed by atoms with E-state index in [1.54, 1.807) is 5.38 Å². The van der Waals surface area contributed by atoms with Gasteiger partial charge < -0.3 is 10.6 Å². The van der Waals surface area contributed by atoms with Crippen molar-refractivity contribution < 1.29 is 4.79 Å². The van der Waals surface area contributed by atoms with Crippen LogP contribution in [0.1, 0.15) is 47.6 Å². The Morgan fingerprint density at radius 1 is 1.14 bits per heavy atom. The van der Waals surface area contributed by atoms with E-state index in [4.69, 9.17) is 0 Å². The maximum atomic E-state index is 12.0. The number of benzene rings is 1. The van der Waals surface area contributed by atoms with Crippen LogP contribution >= 0.6 is 11.3 Å². The van der Waals surface area contributed by atoms with Crippen LogP contribution in [-0.2, 0) is 0 Å². The van der Waals surface area contributed by atoms with Gasteiger partial charge in [-0.1, -0.05) is 19.3 Å². The molecule has 0 saturated heterocycles. The molecule has 0 radical (unpaired) electrons. The molecule has 1 aromatic heterocycles. The van der Waals surface area contributed by atoms with E-state index in [1.807, 2.05) is 31.2 Å². The molecule has 2 N–H and O–H groups in total. The Labute approximate surface area is 135 Å². The molecule has 0 atom stereocenters. The van der Waals surface area contributed by atoms with Crippen molar-refractivity contribution in [1.82, 2.24) is 4.98 Å². The average Bonchev–Trinajstić information content (AvgIpc) is 2.97. The van der Waals surface area contributed by atoms with Crippen LogP contribution in [0.5, 0.6) is 0 Å². The summed E-state index contributed by atoms with van der Waals surface area (Å²) in [5, 5.41) is 9.13. The largest absolute Gasteiger partial charge is 0.382 e. The van der Waals surface area contributed by atoms with Gasteiger partial charge in [0.1, 0.15) is 5.69 Å². The molecule has 1 aliphatic carbocycles. The number of nitrogens with zero attached hydrogens (tertiary/aromatic N) is 1. The molecule has 2 aromatic rings. The maximum absolute atomic E-state index is 12.0. The SMILES string of the molecule is Cc1nc(C(=O)Nc2ccc(NC3CCCCC3)cc2)cs1. The zero-order valence-corrected chi connectivity index (χ0v) is 13.6. The van der Waals surface area contributed by atoms with Crippen LogP contribution in [0, 0.1) is 6.92 Å². The van der Waals surface area contributed by atoms with Crippen LogP contribution in [0.2, 0.25) is 0 Å². The second-order valence-corrected chi connectivity index (χ2v) is 6.82. The third kappa shape index (κ3) is 3.85. The molecule has 0 bridgehead atoms. The summed E-state index contributed by atoms with van der Waals surface area (Å²) < 4.78 is 0. The number of amides is 1. The van der Waals surface area contributed by atoms with Gasteiger partial charge in [0, 0.05) is 22.8 Å². The van der Waals surface area contributed by atoms with Crippen molar-refractivity contribution in [2.75, 3.05) is 10.6 Å². The van der Waals surface area contributed by atoms with Crippen molar-refractivity contribution in [1.29, 1.82) is 0 Å². The lowest BCUT2D eigenvalue weighted by atomic mass is 9.95. The molecule has 3 rings (SSSR count). The number of hydrogen-bond donors (Lipinski definition) is 2. The highest BCUT2D eigenvalue weighted by molar-refractivity contribution is 7.09. The fourth-order valence-corrected chi connectivity index (χ4v) is 3.39. The Bertz CT molecular complexity index is 630. The van der Waals surface area contributed by atoms with Crippen molar-refractivity contribution in [3.8, 4) is 0 Å². The molecule has 116 valence electrons. The van der Waals surface area contributed by atoms with Crippen LogP contribution in [0.3, 0.4) is 0 Å². The van der Waals surface area contributed by atoms with Crippen molar-refractivity contribution >= 4 is 28.6 Å². The van der Waals surface area contributed by atoms with E-state index in [-0.39, 0.29) is 5.91 Å². The smallest absolute Gasteiger partial charge is 0.275 e. The standard InChI is InChI=1S/C17H21N3OS/c1-12-18-16(11-22-12)17(21)20-15-9-7-14(8-10-15)19-13-5-3-2-4-6-13/h7-11,13,19H,2-6H2,1H3,(H,20,21). The molecular formula is C17H21N3OS. The van der Waals surface area contributed by atoms with E-state index in [1.165, 1.54) is 43.4 Å². The lowest BCUT2D eigenvalue weighted by Crippen LogP contribution is -2.22. The normalized spacial score (nSPS) is 15.5. The summed E-state index contributed by atoms with van der Waals surface area (Å²) in [6.07, 6.45) is 6.50. The van der Waals surface area contributed by atoms with Crippen molar-refractivity contribution in [2.45, 2.75) is 45.1 Å². The number of aryl methyl sites for hydroxylation is 1. The number of nitrogens with one attached hydrogen (secondary N) is 2. The minimum Gasteiger partial charge on any atom is -0.382 e. The monoisotopic (exact) mass is 315 g/mol. The zero-order chi connectivity index (χ0) is 15.4. The highest BCUT2D eigenvalue weighted by Crippen LogP contribution is 2.22. The topological polar surface area (TPSA) is 54.0 Å². The lowest BCUT2D eigenvalue weighted by molar-refractivity contribution is 0.102. The van der Waals surface area contributed by atoms with Crippen LogP contribution in [0.15, 0.2) is 29.6 Å². The number of carbonyl (C=O) groups excluding carboxylic acids is 1. The first kappa shape index (κ1) is 15.0. The predicted molar refractivity (Wildman–Crippen MR) is 91.7 cm³/mol. The van der Waals surface area contributed by atoms with Crippen molar-refractivity contribution in [2.24, 2.45) is 0 Å². The molecule has 1 aromatic carbocycles. The van der Waals surface area contributed by atoms with Gasteiger partial charge in [0.25, 0.3) is 5.91 Å². The van der Waals surface area contributed by atoms with Gasteiger partial charge in [-0.2, -0.15) is 0 Å². The summed E-state index contributed by atoms with van der Waals surface area (Å²) in [7, 11) is 0. The fraction of sp³-hybridized carbons (Fsp3) is 0.412. The van der Waals surface area contributed by atoms with E-state index in [0.717, 1.165) is 16.4 Å². The maximum Gasteiger partial charge on any atom is 0.275 e. The molecule has 1 aliphatic rings. The predicted octanol–water partition coefficient (Wildman–Crippen LogP) is 4.45. The van der Waals surface area contributed by atoms with E-state index in [9.17, 15) is 4.79 Å². The minimum absolute atomic E-state index is 0.155. The quantitative estimate of drug-likeness (QED) is 0.876. The van der Waals surface area contributed by atoms with Gasteiger partial charge in [0.05, 0.1) is 5.01 Å². The van der Waals surface area contributed by atoms with E-state index in [2.05, 4.69) is 15.6 Å². The van der Waals surface area contributed by atoms with Gasteiger partial charge >= 0.3 is 0 Å². The number of rotatable bonds is 4. The van der Waals surface area contributed by atoms with Crippen LogP contribution < -0.4 is 10.6 Å².